The number of fused-ring (bicyclic) bond motifs is 7. The van der Waals surface area contributed by atoms with Crippen LogP contribution in [0.15, 0.2) is 4.74 Å². The average molecular weight is 622 g/mol. The summed E-state index contributed by atoms with van der Waals surface area (Å²) in [5.74, 6) is 4.92. The molecule has 240 valence electrons. The molecule has 7 heteroatoms. The van der Waals surface area contributed by atoms with E-state index >= 15 is 0 Å². The third kappa shape index (κ3) is 5.68. The van der Waals surface area contributed by atoms with Gasteiger partial charge in [0, 0.05) is 40.2 Å². The van der Waals surface area contributed by atoms with E-state index in [0.29, 0.717) is 47.6 Å². The summed E-state index contributed by atoms with van der Waals surface area (Å²) in [6.07, 6.45) is 28.1. The van der Waals surface area contributed by atoms with Crippen molar-refractivity contribution in [2.24, 2.45) is 40.3 Å². The molecule has 7 aliphatic rings. The maximum atomic E-state index is 7.87. The van der Waals surface area contributed by atoms with E-state index in [1.807, 2.05) is 14.2 Å². The van der Waals surface area contributed by atoms with Crippen LogP contribution in [-0.2, 0) is 18.5 Å². The molecule has 5 nitrogen and oxygen atoms in total. The molecule has 6 aliphatic carbocycles. The standard InChI is InChI=1S/C35H61NO4P2/c1-36-42(41(32-18-10-8-16-28(32)37-2)33-19-11-9-17-29(33)38-3)39-30-22-20-24-12-4-6-14-26(24)34(30)35-27-15-7-5-13-25(27)21-23-31(35)40-42/h24-35H,4-23H2,1-3H3. The van der Waals surface area contributed by atoms with Crippen molar-refractivity contribution in [3.8, 4) is 0 Å². The molecule has 1 aliphatic heterocycles. The second kappa shape index (κ2) is 13.7. The molecular formula is C35H61NO4P2. The fraction of sp³-hybridized carbons (Fsp3) is 1.00. The zero-order valence-corrected chi connectivity index (χ0v) is 28.8. The molecule has 0 aromatic heterocycles. The Hall–Kier alpha value is 0.500. The highest BCUT2D eigenvalue weighted by atomic mass is 32.1. The summed E-state index contributed by atoms with van der Waals surface area (Å²) in [5.41, 5.74) is 1.03. The Labute approximate surface area is 258 Å². The molecule has 0 N–H and O–H groups in total. The van der Waals surface area contributed by atoms with Gasteiger partial charge in [-0.3, -0.25) is 4.74 Å². The van der Waals surface area contributed by atoms with E-state index in [1.54, 1.807) is 0 Å². The van der Waals surface area contributed by atoms with E-state index < -0.39 is 14.8 Å². The van der Waals surface area contributed by atoms with Gasteiger partial charge in [-0.05, 0) is 99.7 Å². The number of ether oxygens (including phenoxy) is 2. The third-order valence-corrected chi connectivity index (χ3v) is 22.9. The minimum atomic E-state index is -2.51. The molecule has 6 saturated carbocycles. The van der Waals surface area contributed by atoms with Crippen molar-refractivity contribution in [2.75, 3.05) is 21.3 Å². The second-order valence-electron chi connectivity index (χ2n) is 15.3. The molecule has 42 heavy (non-hydrogen) atoms. The minimum absolute atomic E-state index is 0.313. The van der Waals surface area contributed by atoms with E-state index in [4.69, 9.17) is 23.3 Å². The molecule has 7 fully saturated rings. The van der Waals surface area contributed by atoms with Crippen LogP contribution in [0, 0.1) is 35.5 Å². The molecule has 0 amide bonds. The first-order valence-electron chi connectivity index (χ1n) is 18.4. The fourth-order valence-corrected chi connectivity index (χ4v) is 22.9. The number of hydrogen-bond donors (Lipinski definition) is 0. The van der Waals surface area contributed by atoms with Gasteiger partial charge in [-0.2, -0.15) is 0 Å². The summed E-state index contributed by atoms with van der Waals surface area (Å²) in [6, 6.07) is 0. The van der Waals surface area contributed by atoms with Crippen LogP contribution in [0.5, 0.6) is 0 Å². The number of hydrogen-bond acceptors (Lipinski definition) is 5. The first-order chi connectivity index (χ1) is 20.7. The van der Waals surface area contributed by atoms with Crippen molar-refractivity contribution in [1.82, 2.24) is 0 Å². The van der Waals surface area contributed by atoms with Crippen LogP contribution in [0.25, 0.3) is 0 Å². The zero-order chi connectivity index (χ0) is 28.7. The Bertz CT molecular complexity index is 895. The molecule has 1 heterocycles. The van der Waals surface area contributed by atoms with Gasteiger partial charge in [0.1, 0.15) is 0 Å². The smallest absolute Gasteiger partial charge is 0.234 e. The molecule has 0 bridgehead atoms. The van der Waals surface area contributed by atoms with Gasteiger partial charge in [-0.15, -0.1) is 0 Å². The van der Waals surface area contributed by atoms with Crippen LogP contribution in [0.2, 0.25) is 0 Å². The van der Waals surface area contributed by atoms with Crippen molar-refractivity contribution in [3.63, 3.8) is 0 Å². The van der Waals surface area contributed by atoms with Gasteiger partial charge < -0.3 is 18.5 Å². The lowest BCUT2D eigenvalue weighted by atomic mass is 9.53. The Morgan fingerprint density at radius 2 is 0.976 bits per heavy atom. The summed E-state index contributed by atoms with van der Waals surface area (Å²) in [7, 11) is 2.87. The lowest BCUT2D eigenvalue weighted by Crippen LogP contribution is -2.51. The maximum absolute atomic E-state index is 7.87. The molecule has 7 rings (SSSR count). The fourth-order valence-electron chi connectivity index (χ4n) is 11.8. The van der Waals surface area contributed by atoms with E-state index in [0.717, 1.165) is 23.7 Å². The SMILES string of the molecule is CN=P1(P(C2CCCCC2OC)C2CCCCC2OC)OC2CCC3CCCCC3C2C2C(CCC3CCCCC32)O1. The largest absolute Gasteiger partial charge is 0.381 e. The molecule has 1 saturated heterocycles. The molecule has 0 spiro atoms. The van der Waals surface area contributed by atoms with E-state index in [2.05, 4.69) is 7.05 Å². The van der Waals surface area contributed by atoms with E-state index in [9.17, 15) is 0 Å². The lowest BCUT2D eigenvalue weighted by Gasteiger charge is -2.53. The highest BCUT2D eigenvalue weighted by Crippen LogP contribution is 2.87. The second-order valence-corrected chi connectivity index (χ2v) is 22.1. The molecule has 0 aromatic rings. The van der Waals surface area contributed by atoms with Gasteiger partial charge in [-0.1, -0.05) is 64.2 Å². The number of methoxy groups -OCH3 is 2. The van der Waals surface area contributed by atoms with Crippen molar-refractivity contribution in [3.05, 3.63) is 0 Å². The maximum Gasteiger partial charge on any atom is 0.234 e. The predicted molar refractivity (Wildman–Crippen MR) is 174 cm³/mol. The first kappa shape index (κ1) is 31.1. The van der Waals surface area contributed by atoms with Gasteiger partial charge in [-0.25, -0.2) is 0 Å². The molecule has 0 radical (unpaired) electrons. The van der Waals surface area contributed by atoms with Crippen molar-refractivity contribution >= 4 is 14.8 Å². The van der Waals surface area contributed by atoms with Crippen LogP contribution in [0.1, 0.15) is 128 Å². The van der Waals surface area contributed by atoms with Crippen molar-refractivity contribution in [2.45, 2.75) is 164 Å². The summed E-state index contributed by atoms with van der Waals surface area (Å²) < 4.78 is 33.9. The van der Waals surface area contributed by atoms with Gasteiger partial charge in [0.2, 0.25) is 7.20 Å². The summed E-state index contributed by atoms with van der Waals surface area (Å²) >= 11 is 0. The summed E-state index contributed by atoms with van der Waals surface area (Å²) in [5, 5.41) is 0. The Balaban J connectivity index is 1.33. The van der Waals surface area contributed by atoms with Crippen molar-refractivity contribution < 1.29 is 18.5 Å². The number of rotatable bonds is 5. The van der Waals surface area contributed by atoms with Crippen LogP contribution in [-0.4, -0.2) is 57.0 Å². The highest BCUT2D eigenvalue weighted by Gasteiger charge is 2.59. The Morgan fingerprint density at radius 3 is 1.43 bits per heavy atom. The number of nitrogens with zero attached hydrogens (tertiary/aromatic N) is 1. The molecule has 0 aromatic carbocycles. The van der Waals surface area contributed by atoms with Crippen LogP contribution < -0.4 is 0 Å². The first-order valence-corrected chi connectivity index (χ1v) is 22.2. The lowest BCUT2D eigenvalue weighted by molar-refractivity contribution is -0.0856. The van der Waals surface area contributed by atoms with Gasteiger partial charge in [0.15, 0.2) is 0 Å². The summed E-state index contributed by atoms with van der Waals surface area (Å²) in [4.78, 5) is 0. The highest BCUT2D eigenvalue weighted by molar-refractivity contribution is 8.30. The topological polar surface area (TPSA) is 49.3 Å². The van der Waals surface area contributed by atoms with Crippen LogP contribution in [0.4, 0.5) is 0 Å². The van der Waals surface area contributed by atoms with Gasteiger partial charge in [0.05, 0.1) is 24.4 Å². The van der Waals surface area contributed by atoms with E-state index in [1.165, 1.54) is 128 Å². The molecule has 12 unspecified atom stereocenters. The van der Waals surface area contributed by atoms with Crippen molar-refractivity contribution in [1.29, 1.82) is 0 Å². The quantitative estimate of drug-likeness (QED) is 0.287. The average Bonchev–Trinajstić information content (AvgIpc) is 3.20. The minimum Gasteiger partial charge on any atom is -0.381 e. The predicted octanol–water partition coefficient (Wildman–Crippen LogP) is 10.2. The monoisotopic (exact) mass is 621 g/mol. The molecular weight excluding hydrogens is 560 g/mol. The molecule has 12 atom stereocenters. The van der Waals surface area contributed by atoms with Gasteiger partial charge >= 0.3 is 0 Å². The Morgan fingerprint density at radius 1 is 0.548 bits per heavy atom. The Kier molecular flexibility index (Phi) is 10.1. The zero-order valence-electron chi connectivity index (χ0n) is 27.0. The third-order valence-electron chi connectivity index (χ3n) is 13.6. The van der Waals surface area contributed by atoms with Crippen LogP contribution >= 0.6 is 14.8 Å². The van der Waals surface area contributed by atoms with Gasteiger partial charge in [0.25, 0.3) is 0 Å². The summed E-state index contributed by atoms with van der Waals surface area (Å²) in [6.45, 7) is 0. The normalized spacial score (nSPS) is 50.3. The van der Waals surface area contributed by atoms with Crippen LogP contribution in [0.3, 0.4) is 0 Å². The van der Waals surface area contributed by atoms with E-state index in [-0.39, 0.29) is 0 Å².